The molecular formula is C12H10N6O. The van der Waals surface area contributed by atoms with Gasteiger partial charge in [0.25, 0.3) is 5.91 Å². The van der Waals surface area contributed by atoms with Crippen LogP contribution in [0.1, 0.15) is 6.17 Å². The van der Waals surface area contributed by atoms with Crippen molar-refractivity contribution in [3.63, 3.8) is 0 Å². The van der Waals surface area contributed by atoms with Crippen molar-refractivity contribution >= 4 is 11.6 Å². The second-order valence-corrected chi connectivity index (χ2v) is 4.15. The Hall–Kier alpha value is -2.79. The number of aromatic nitrogens is 2. The van der Waals surface area contributed by atoms with Crippen molar-refractivity contribution in [3.8, 4) is 11.4 Å². The molecule has 94 valence electrons. The Morgan fingerprint density at radius 1 is 1.42 bits per heavy atom. The molecule has 0 N–H and O–H groups in total. The number of benzene rings is 1. The molecule has 1 amide bonds. The quantitative estimate of drug-likeness (QED) is 0.444. The third kappa shape index (κ3) is 1.56. The molecule has 1 aliphatic heterocycles. The van der Waals surface area contributed by atoms with Crippen LogP contribution < -0.4 is 4.90 Å². The van der Waals surface area contributed by atoms with Crippen LogP contribution in [0.4, 0.5) is 5.69 Å². The maximum absolute atomic E-state index is 12.4. The van der Waals surface area contributed by atoms with Gasteiger partial charge in [-0.1, -0.05) is 17.2 Å². The number of azide groups is 1. The molecule has 7 nitrogen and oxygen atoms in total. The number of carbonyl (C=O) groups excluding carboxylic acids is 1. The third-order valence-corrected chi connectivity index (χ3v) is 3.15. The minimum absolute atomic E-state index is 0.290. The van der Waals surface area contributed by atoms with E-state index in [0.29, 0.717) is 5.82 Å². The van der Waals surface area contributed by atoms with Gasteiger partial charge in [0.15, 0.2) is 6.17 Å². The summed E-state index contributed by atoms with van der Waals surface area (Å²) in [6.07, 6.45) is 2.28. The standard InChI is InChI=1S/C12H10N6O/c1-17-9-5-3-2-4-8(9)10-14-6-7-18(10)11(12(17)19)15-16-13/h2-7,11H,1H3. The van der Waals surface area contributed by atoms with E-state index in [9.17, 15) is 4.79 Å². The van der Waals surface area contributed by atoms with E-state index in [-0.39, 0.29) is 5.91 Å². The summed E-state index contributed by atoms with van der Waals surface area (Å²) in [5.41, 5.74) is 10.2. The van der Waals surface area contributed by atoms with E-state index >= 15 is 0 Å². The van der Waals surface area contributed by atoms with E-state index < -0.39 is 6.17 Å². The molecule has 1 aromatic heterocycles. The van der Waals surface area contributed by atoms with Crippen LogP contribution >= 0.6 is 0 Å². The van der Waals surface area contributed by atoms with Crippen LogP contribution in [0.15, 0.2) is 41.8 Å². The van der Waals surface area contributed by atoms with Gasteiger partial charge in [-0.25, -0.2) is 4.98 Å². The normalized spacial score (nSPS) is 17.2. The molecule has 2 heterocycles. The molecule has 0 radical (unpaired) electrons. The van der Waals surface area contributed by atoms with E-state index in [0.717, 1.165) is 11.3 Å². The van der Waals surface area contributed by atoms with Gasteiger partial charge in [0.05, 0.1) is 5.69 Å². The van der Waals surface area contributed by atoms with Gasteiger partial charge < -0.3 is 9.47 Å². The number of carbonyl (C=O) groups is 1. The largest absolute Gasteiger partial charge is 0.313 e. The van der Waals surface area contributed by atoms with Gasteiger partial charge in [-0.3, -0.25) is 4.79 Å². The van der Waals surface area contributed by atoms with Gasteiger partial charge in [-0.05, 0) is 17.7 Å². The molecule has 0 saturated carbocycles. The van der Waals surface area contributed by atoms with Gasteiger partial charge in [-0.15, -0.1) is 0 Å². The first-order valence-corrected chi connectivity index (χ1v) is 5.68. The summed E-state index contributed by atoms with van der Waals surface area (Å²) in [6, 6.07) is 7.45. The molecule has 2 aromatic rings. The lowest BCUT2D eigenvalue weighted by atomic mass is 10.1. The molecule has 1 unspecified atom stereocenters. The predicted molar refractivity (Wildman–Crippen MR) is 69.3 cm³/mol. The van der Waals surface area contributed by atoms with E-state index in [1.54, 1.807) is 24.0 Å². The Morgan fingerprint density at radius 3 is 3.00 bits per heavy atom. The van der Waals surface area contributed by atoms with Crippen LogP contribution in [0.25, 0.3) is 21.8 Å². The molecule has 1 aliphatic rings. The first-order valence-electron chi connectivity index (χ1n) is 5.68. The number of hydrogen-bond acceptors (Lipinski definition) is 3. The van der Waals surface area contributed by atoms with Crippen molar-refractivity contribution in [3.05, 3.63) is 47.1 Å². The molecule has 1 atom stereocenters. The maximum atomic E-state index is 12.4. The summed E-state index contributed by atoms with van der Waals surface area (Å²) in [6.45, 7) is 0. The highest BCUT2D eigenvalue weighted by Gasteiger charge is 2.31. The summed E-state index contributed by atoms with van der Waals surface area (Å²) < 4.78 is 1.59. The number of hydrogen-bond donors (Lipinski definition) is 0. The number of anilines is 1. The van der Waals surface area contributed by atoms with Crippen LogP contribution in [0.3, 0.4) is 0 Å². The molecule has 0 aliphatic carbocycles. The van der Waals surface area contributed by atoms with Gasteiger partial charge in [0.1, 0.15) is 5.82 Å². The first-order chi connectivity index (χ1) is 9.24. The number of para-hydroxylation sites is 1. The summed E-state index contributed by atoms with van der Waals surface area (Å²) in [5.74, 6) is 0.327. The Morgan fingerprint density at radius 2 is 2.21 bits per heavy atom. The predicted octanol–water partition coefficient (Wildman–Crippen LogP) is 2.34. The molecular weight excluding hydrogens is 244 g/mol. The Bertz CT molecular complexity index is 700. The van der Waals surface area contributed by atoms with E-state index in [1.807, 2.05) is 24.3 Å². The lowest BCUT2D eigenvalue weighted by Crippen LogP contribution is -2.31. The first kappa shape index (κ1) is 11.3. The van der Waals surface area contributed by atoms with Crippen molar-refractivity contribution in [2.75, 3.05) is 11.9 Å². The Kier molecular flexibility index (Phi) is 2.47. The number of likely N-dealkylation sites (N-methyl/N-ethyl adjacent to an activating group) is 1. The Balaban J connectivity index is 2.32. The summed E-state index contributed by atoms with van der Waals surface area (Å²) in [5, 5.41) is 3.58. The molecule has 0 bridgehead atoms. The zero-order chi connectivity index (χ0) is 13.4. The molecule has 1 aromatic carbocycles. The van der Waals surface area contributed by atoms with E-state index in [1.165, 1.54) is 4.90 Å². The van der Waals surface area contributed by atoms with Crippen molar-refractivity contribution < 1.29 is 4.79 Å². The van der Waals surface area contributed by atoms with Gasteiger partial charge >= 0.3 is 0 Å². The van der Waals surface area contributed by atoms with Crippen LogP contribution in [0.5, 0.6) is 0 Å². The van der Waals surface area contributed by atoms with Crippen LogP contribution in [0, 0.1) is 0 Å². The van der Waals surface area contributed by atoms with E-state index in [2.05, 4.69) is 15.0 Å². The number of rotatable bonds is 1. The van der Waals surface area contributed by atoms with Crippen molar-refractivity contribution in [2.24, 2.45) is 5.11 Å². The lowest BCUT2D eigenvalue weighted by Gasteiger charge is -2.19. The fraction of sp³-hybridized carbons (Fsp3) is 0.167. The van der Waals surface area contributed by atoms with Crippen LogP contribution in [-0.4, -0.2) is 22.5 Å². The topological polar surface area (TPSA) is 86.9 Å². The number of nitrogens with zero attached hydrogens (tertiary/aromatic N) is 6. The fourth-order valence-corrected chi connectivity index (χ4v) is 2.24. The van der Waals surface area contributed by atoms with Crippen molar-refractivity contribution in [2.45, 2.75) is 6.17 Å². The summed E-state index contributed by atoms with van der Waals surface area (Å²) in [7, 11) is 1.66. The average Bonchev–Trinajstić information content (AvgIpc) is 2.89. The van der Waals surface area contributed by atoms with Crippen LogP contribution in [0.2, 0.25) is 0 Å². The summed E-state index contributed by atoms with van der Waals surface area (Å²) in [4.78, 5) is 20.9. The van der Waals surface area contributed by atoms with Gasteiger partial charge in [-0.2, -0.15) is 0 Å². The highest BCUT2D eigenvalue weighted by molar-refractivity contribution is 6.00. The molecule has 3 rings (SSSR count). The van der Waals surface area contributed by atoms with Crippen molar-refractivity contribution in [1.82, 2.24) is 9.55 Å². The molecule has 0 fully saturated rings. The Labute approximate surface area is 108 Å². The van der Waals surface area contributed by atoms with Crippen LogP contribution in [-0.2, 0) is 4.79 Å². The SMILES string of the molecule is CN1C(=O)C(N=[N+]=[N-])n2ccnc2-c2ccccc21. The lowest BCUT2D eigenvalue weighted by molar-refractivity contribution is -0.121. The minimum Gasteiger partial charge on any atom is -0.313 e. The van der Waals surface area contributed by atoms with Crippen molar-refractivity contribution in [1.29, 1.82) is 0 Å². The zero-order valence-corrected chi connectivity index (χ0v) is 10.1. The monoisotopic (exact) mass is 254 g/mol. The van der Waals surface area contributed by atoms with Gasteiger partial charge in [0.2, 0.25) is 0 Å². The third-order valence-electron chi connectivity index (χ3n) is 3.15. The fourth-order valence-electron chi connectivity index (χ4n) is 2.24. The highest BCUT2D eigenvalue weighted by atomic mass is 16.2. The molecule has 19 heavy (non-hydrogen) atoms. The second-order valence-electron chi connectivity index (χ2n) is 4.15. The average molecular weight is 254 g/mol. The van der Waals surface area contributed by atoms with Gasteiger partial charge in [0, 0.05) is 29.9 Å². The molecule has 0 saturated heterocycles. The molecule has 0 spiro atoms. The number of imidazole rings is 1. The summed E-state index contributed by atoms with van der Waals surface area (Å²) >= 11 is 0. The molecule has 7 heteroatoms. The maximum Gasteiger partial charge on any atom is 0.255 e. The zero-order valence-electron chi connectivity index (χ0n) is 10.1. The van der Waals surface area contributed by atoms with E-state index in [4.69, 9.17) is 5.53 Å². The minimum atomic E-state index is -0.945. The smallest absolute Gasteiger partial charge is 0.255 e. The number of fused-ring (bicyclic) bond motifs is 3. The number of amides is 1. The highest BCUT2D eigenvalue weighted by Crippen LogP contribution is 2.35. The second kappa shape index (κ2) is 4.15.